The first kappa shape index (κ1) is 20.2. The molecule has 7 heteroatoms. The molecule has 0 heterocycles. The molecule has 0 amide bonds. The van der Waals surface area contributed by atoms with Crippen LogP contribution in [0, 0.1) is 0 Å². The van der Waals surface area contributed by atoms with Crippen molar-refractivity contribution in [1.82, 2.24) is 0 Å². The van der Waals surface area contributed by atoms with Gasteiger partial charge >= 0.3 is 0 Å². The Hall–Kier alpha value is -3.09. The molecular formula is C20H27N3O4. The number of aliphatic imine (C=N–C) groups is 1. The molecule has 0 aliphatic rings. The quantitative estimate of drug-likeness (QED) is 0.399. The van der Waals surface area contributed by atoms with Gasteiger partial charge < -0.3 is 30.0 Å². The van der Waals surface area contributed by atoms with Gasteiger partial charge in [-0.3, -0.25) is 4.99 Å². The number of hydrogen-bond acceptors (Lipinski definition) is 5. The molecule has 2 rings (SSSR count). The average molecular weight is 373 g/mol. The Kier molecular flexibility index (Phi) is 7.61. The number of aryl methyl sites for hydroxylation is 1. The molecule has 0 bridgehead atoms. The third kappa shape index (κ3) is 5.70. The van der Waals surface area contributed by atoms with Crippen LogP contribution in [0.1, 0.15) is 12.0 Å². The molecule has 2 aromatic rings. The van der Waals surface area contributed by atoms with Crippen molar-refractivity contribution in [3.8, 4) is 23.0 Å². The van der Waals surface area contributed by atoms with Crippen LogP contribution in [0.4, 0.5) is 5.69 Å². The highest BCUT2D eigenvalue weighted by Gasteiger charge is 2.06. The summed E-state index contributed by atoms with van der Waals surface area (Å²) in [6.07, 6.45) is 1.64. The second-order valence-electron chi connectivity index (χ2n) is 5.74. The standard InChI is InChI=1S/C20H27N3O4/c1-24-16-8-10-17(25-2)14(12-16)6-5-11-22-20(21)23-15-7-9-18(26-3)19(13-15)27-4/h7-10,12-13H,5-6,11H2,1-4H3,(H3,21,22,23). The van der Waals surface area contributed by atoms with Gasteiger partial charge in [-0.2, -0.15) is 0 Å². The van der Waals surface area contributed by atoms with Gasteiger partial charge in [0.05, 0.1) is 28.4 Å². The van der Waals surface area contributed by atoms with Crippen LogP contribution in [-0.2, 0) is 6.42 Å². The summed E-state index contributed by atoms with van der Waals surface area (Å²) in [6, 6.07) is 11.2. The third-order valence-electron chi connectivity index (χ3n) is 4.03. The molecule has 0 aliphatic heterocycles. The highest BCUT2D eigenvalue weighted by molar-refractivity contribution is 5.92. The van der Waals surface area contributed by atoms with E-state index in [0.717, 1.165) is 35.6 Å². The lowest BCUT2D eigenvalue weighted by Gasteiger charge is -2.11. The van der Waals surface area contributed by atoms with Gasteiger partial charge in [0.2, 0.25) is 0 Å². The van der Waals surface area contributed by atoms with Crippen molar-refractivity contribution in [2.24, 2.45) is 10.7 Å². The van der Waals surface area contributed by atoms with Gasteiger partial charge in [-0.1, -0.05) is 0 Å². The van der Waals surface area contributed by atoms with Gasteiger partial charge in [0.25, 0.3) is 0 Å². The van der Waals surface area contributed by atoms with Gasteiger partial charge in [0.15, 0.2) is 17.5 Å². The molecular weight excluding hydrogens is 346 g/mol. The summed E-state index contributed by atoms with van der Waals surface area (Å²) in [6.45, 7) is 0.590. The molecule has 146 valence electrons. The summed E-state index contributed by atoms with van der Waals surface area (Å²) in [7, 11) is 6.49. The fourth-order valence-electron chi connectivity index (χ4n) is 2.65. The largest absolute Gasteiger partial charge is 0.497 e. The predicted octanol–water partition coefficient (Wildman–Crippen LogP) is 3.08. The van der Waals surface area contributed by atoms with Crippen LogP contribution < -0.4 is 30.0 Å². The summed E-state index contributed by atoms with van der Waals surface area (Å²) in [5.41, 5.74) is 7.83. The van der Waals surface area contributed by atoms with Crippen molar-refractivity contribution < 1.29 is 18.9 Å². The van der Waals surface area contributed by atoms with E-state index in [1.807, 2.05) is 36.4 Å². The van der Waals surface area contributed by atoms with Crippen LogP contribution in [0.25, 0.3) is 0 Å². The zero-order valence-corrected chi connectivity index (χ0v) is 16.2. The number of nitrogens with two attached hydrogens (primary N) is 1. The number of hydrogen-bond donors (Lipinski definition) is 2. The topological polar surface area (TPSA) is 87.3 Å². The Balaban J connectivity index is 1.91. The number of methoxy groups -OCH3 is 4. The Bertz CT molecular complexity index is 778. The molecule has 7 nitrogen and oxygen atoms in total. The van der Waals surface area contributed by atoms with Crippen molar-refractivity contribution in [3.05, 3.63) is 42.0 Å². The number of rotatable bonds is 9. The number of benzene rings is 2. The van der Waals surface area contributed by atoms with E-state index >= 15 is 0 Å². The minimum atomic E-state index is 0.347. The van der Waals surface area contributed by atoms with Crippen molar-refractivity contribution in [3.63, 3.8) is 0 Å². The molecule has 3 N–H and O–H groups in total. The van der Waals surface area contributed by atoms with E-state index in [4.69, 9.17) is 24.7 Å². The Morgan fingerprint density at radius 2 is 1.59 bits per heavy atom. The fraction of sp³-hybridized carbons (Fsp3) is 0.350. The average Bonchev–Trinajstić information content (AvgIpc) is 2.70. The molecule has 0 fully saturated rings. The molecule has 0 saturated heterocycles. The minimum Gasteiger partial charge on any atom is -0.497 e. The van der Waals surface area contributed by atoms with Crippen LogP contribution in [0.15, 0.2) is 41.4 Å². The Morgan fingerprint density at radius 3 is 2.26 bits per heavy atom. The predicted molar refractivity (Wildman–Crippen MR) is 108 cm³/mol. The van der Waals surface area contributed by atoms with E-state index in [1.54, 1.807) is 28.4 Å². The van der Waals surface area contributed by atoms with E-state index in [2.05, 4.69) is 10.3 Å². The van der Waals surface area contributed by atoms with E-state index < -0.39 is 0 Å². The van der Waals surface area contributed by atoms with Crippen LogP contribution in [0.3, 0.4) is 0 Å². The molecule has 0 radical (unpaired) electrons. The highest BCUT2D eigenvalue weighted by atomic mass is 16.5. The first-order valence-corrected chi connectivity index (χ1v) is 8.61. The maximum absolute atomic E-state index is 5.97. The molecule has 2 aromatic carbocycles. The maximum atomic E-state index is 5.97. The molecule has 0 saturated carbocycles. The molecule has 0 unspecified atom stereocenters. The zero-order chi connectivity index (χ0) is 19.6. The van der Waals surface area contributed by atoms with Crippen molar-refractivity contribution in [2.45, 2.75) is 12.8 Å². The highest BCUT2D eigenvalue weighted by Crippen LogP contribution is 2.29. The molecule has 0 aliphatic carbocycles. The first-order valence-electron chi connectivity index (χ1n) is 8.61. The smallest absolute Gasteiger partial charge is 0.193 e. The zero-order valence-electron chi connectivity index (χ0n) is 16.2. The van der Waals surface area contributed by atoms with Gasteiger partial charge in [0, 0.05) is 18.3 Å². The maximum Gasteiger partial charge on any atom is 0.193 e. The Morgan fingerprint density at radius 1 is 0.889 bits per heavy atom. The van der Waals surface area contributed by atoms with Crippen molar-refractivity contribution >= 4 is 11.6 Å². The van der Waals surface area contributed by atoms with E-state index in [0.29, 0.717) is 24.0 Å². The molecule has 0 aromatic heterocycles. The summed E-state index contributed by atoms with van der Waals surface area (Å²) in [5, 5.41) is 3.05. The van der Waals surface area contributed by atoms with Gasteiger partial charge in [-0.05, 0) is 48.7 Å². The monoisotopic (exact) mass is 373 g/mol. The van der Waals surface area contributed by atoms with E-state index in [-0.39, 0.29) is 0 Å². The Labute approximate surface area is 160 Å². The number of nitrogens with one attached hydrogen (secondary N) is 1. The molecule has 27 heavy (non-hydrogen) atoms. The fourth-order valence-corrected chi connectivity index (χ4v) is 2.65. The summed E-state index contributed by atoms with van der Waals surface area (Å²) in [4.78, 5) is 4.37. The van der Waals surface area contributed by atoms with Crippen LogP contribution in [-0.4, -0.2) is 40.9 Å². The lowest BCUT2D eigenvalue weighted by Crippen LogP contribution is -2.22. The third-order valence-corrected chi connectivity index (χ3v) is 4.03. The summed E-state index contributed by atoms with van der Waals surface area (Å²) >= 11 is 0. The van der Waals surface area contributed by atoms with Crippen molar-refractivity contribution in [2.75, 3.05) is 40.3 Å². The minimum absolute atomic E-state index is 0.347. The number of ether oxygens (including phenoxy) is 4. The molecule has 0 spiro atoms. The van der Waals surface area contributed by atoms with Gasteiger partial charge in [-0.15, -0.1) is 0 Å². The lowest BCUT2D eigenvalue weighted by atomic mass is 10.1. The second kappa shape index (κ2) is 10.2. The van der Waals surface area contributed by atoms with E-state index in [1.165, 1.54) is 0 Å². The van der Waals surface area contributed by atoms with E-state index in [9.17, 15) is 0 Å². The first-order chi connectivity index (χ1) is 13.1. The summed E-state index contributed by atoms with van der Waals surface area (Å²) < 4.78 is 21.2. The van der Waals surface area contributed by atoms with Crippen molar-refractivity contribution in [1.29, 1.82) is 0 Å². The summed E-state index contributed by atoms with van der Waals surface area (Å²) in [5.74, 6) is 3.28. The lowest BCUT2D eigenvalue weighted by molar-refractivity contribution is 0.355. The molecule has 0 atom stereocenters. The van der Waals surface area contributed by atoms with Gasteiger partial charge in [-0.25, -0.2) is 0 Å². The number of nitrogens with zero attached hydrogens (tertiary/aromatic N) is 1. The van der Waals surface area contributed by atoms with Crippen LogP contribution >= 0.6 is 0 Å². The number of guanidine groups is 1. The SMILES string of the molecule is COc1ccc(OC)c(CCCN=C(N)Nc2ccc(OC)c(OC)c2)c1. The normalized spacial score (nSPS) is 11.0. The van der Waals surface area contributed by atoms with Crippen LogP contribution in [0.5, 0.6) is 23.0 Å². The van der Waals surface area contributed by atoms with Crippen LogP contribution in [0.2, 0.25) is 0 Å². The van der Waals surface area contributed by atoms with Gasteiger partial charge in [0.1, 0.15) is 11.5 Å². The second-order valence-corrected chi connectivity index (χ2v) is 5.74. The number of anilines is 1.